The monoisotopic (exact) mass is 503 g/mol. The molecule has 0 amide bonds. The summed E-state index contributed by atoms with van der Waals surface area (Å²) in [6.45, 7) is 17.7. The van der Waals surface area contributed by atoms with E-state index in [9.17, 15) is 0 Å². The van der Waals surface area contributed by atoms with Crippen molar-refractivity contribution in [3.63, 3.8) is 0 Å². The number of hydrogen-bond acceptors (Lipinski definition) is 3. The summed E-state index contributed by atoms with van der Waals surface area (Å²) in [5, 5.41) is 3.63. The fourth-order valence-corrected chi connectivity index (χ4v) is 6.89. The number of benzene rings is 3. The van der Waals surface area contributed by atoms with Gasteiger partial charge in [0.1, 0.15) is 5.76 Å². The average molecular weight is 504 g/mol. The van der Waals surface area contributed by atoms with Crippen LogP contribution < -0.4 is 0 Å². The molecular formula is C34H33NOS. The first-order valence-corrected chi connectivity index (χ1v) is 13.8. The number of aryl methyl sites for hydroxylation is 5. The first kappa shape index (κ1) is 23.9. The van der Waals surface area contributed by atoms with E-state index in [-0.39, 0.29) is 5.41 Å². The number of thiophene rings is 1. The SMILES string of the molecule is Cc1cc(C)c(-c2cc3c(-c4cc(C(C)(C)C)c5ccccc5c4)nc4c(C)c(C)sc4c3o2)c(C)c1. The van der Waals surface area contributed by atoms with Crippen LogP contribution in [0, 0.1) is 34.6 Å². The molecule has 0 aliphatic heterocycles. The summed E-state index contributed by atoms with van der Waals surface area (Å²) < 4.78 is 7.89. The van der Waals surface area contributed by atoms with Gasteiger partial charge in [0.25, 0.3) is 0 Å². The first-order chi connectivity index (χ1) is 17.5. The fraction of sp³-hybridized carbons (Fsp3) is 0.265. The third-order valence-corrected chi connectivity index (χ3v) is 8.83. The molecular weight excluding hydrogens is 470 g/mol. The third kappa shape index (κ3) is 3.79. The summed E-state index contributed by atoms with van der Waals surface area (Å²) in [4.78, 5) is 6.63. The Balaban J connectivity index is 1.73. The molecule has 6 rings (SSSR count). The molecule has 2 nitrogen and oxygen atoms in total. The predicted molar refractivity (Wildman–Crippen MR) is 160 cm³/mol. The highest BCUT2D eigenvalue weighted by Crippen LogP contribution is 2.44. The van der Waals surface area contributed by atoms with Crippen LogP contribution in [0.5, 0.6) is 0 Å². The molecule has 6 aromatic rings. The number of aromatic nitrogens is 1. The fourth-order valence-electron chi connectivity index (χ4n) is 5.79. The molecule has 0 radical (unpaired) electrons. The molecule has 0 atom stereocenters. The number of furan rings is 1. The maximum Gasteiger partial charge on any atom is 0.156 e. The van der Waals surface area contributed by atoms with Crippen LogP contribution in [-0.2, 0) is 5.41 Å². The van der Waals surface area contributed by atoms with Crippen molar-refractivity contribution < 1.29 is 4.42 Å². The summed E-state index contributed by atoms with van der Waals surface area (Å²) in [5.74, 6) is 0.918. The van der Waals surface area contributed by atoms with Crippen LogP contribution in [-0.4, -0.2) is 4.98 Å². The van der Waals surface area contributed by atoms with Crippen molar-refractivity contribution in [2.75, 3.05) is 0 Å². The van der Waals surface area contributed by atoms with Gasteiger partial charge in [-0.15, -0.1) is 11.3 Å². The van der Waals surface area contributed by atoms with Crippen molar-refractivity contribution >= 4 is 43.3 Å². The third-order valence-electron chi connectivity index (χ3n) is 7.64. The van der Waals surface area contributed by atoms with Crippen molar-refractivity contribution in [3.05, 3.63) is 87.3 Å². The lowest BCUT2D eigenvalue weighted by Crippen LogP contribution is -2.12. The minimum absolute atomic E-state index is 0.00535. The molecule has 0 bridgehead atoms. The lowest BCUT2D eigenvalue weighted by atomic mass is 9.82. The summed E-state index contributed by atoms with van der Waals surface area (Å²) in [5.41, 5.74) is 11.6. The molecule has 3 aromatic carbocycles. The summed E-state index contributed by atoms with van der Waals surface area (Å²) in [6.07, 6.45) is 0. The van der Waals surface area contributed by atoms with E-state index in [1.807, 2.05) is 0 Å². The molecule has 3 heteroatoms. The van der Waals surface area contributed by atoms with Crippen molar-refractivity contribution in [1.82, 2.24) is 4.98 Å². The second-order valence-corrected chi connectivity index (χ2v) is 12.8. The van der Waals surface area contributed by atoms with E-state index in [1.54, 1.807) is 11.3 Å². The second kappa shape index (κ2) is 8.29. The average Bonchev–Trinajstić information content (AvgIpc) is 3.38. The van der Waals surface area contributed by atoms with Gasteiger partial charge in [-0.3, -0.25) is 0 Å². The normalized spacial score (nSPS) is 12.3. The van der Waals surface area contributed by atoms with Gasteiger partial charge in [-0.05, 0) is 91.3 Å². The summed E-state index contributed by atoms with van der Waals surface area (Å²) >= 11 is 1.79. The molecule has 0 saturated carbocycles. The second-order valence-electron chi connectivity index (χ2n) is 11.5. The van der Waals surface area contributed by atoms with Crippen molar-refractivity contribution in [2.45, 2.75) is 60.8 Å². The van der Waals surface area contributed by atoms with Crippen LogP contribution in [0.4, 0.5) is 0 Å². The van der Waals surface area contributed by atoms with E-state index >= 15 is 0 Å². The molecule has 186 valence electrons. The van der Waals surface area contributed by atoms with Gasteiger partial charge in [0.2, 0.25) is 0 Å². The maximum atomic E-state index is 6.75. The van der Waals surface area contributed by atoms with E-state index in [1.165, 1.54) is 49.0 Å². The molecule has 0 spiro atoms. The Bertz CT molecular complexity index is 1840. The van der Waals surface area contributed by atoms with E-state index in [2.05, 4.69) is 110 Å². The largest absolute Gasteiger partial charge is 0.454 e. The van der Waals surface area contributed by atoms with E-state index in [0.29, 0.717) is 0 Å². The highest BCUT2D eigenvalue weighted by Gasteiger charge is 2.23. The Morgan fingerprint density at radius 3 is 2.22 bits per heavy atom. The molecule has 3 aromatic heterocycles. The summed E-state index contributed by atoms with van der Waals surface area (Å²) in [7, 11) is 0. The lowest BCUT2D eigenvalue weighted by Gasteiger charge is -2.23. The predicted octanol–water partition coefficient (Wildman–Crippen LogP) is 10.4. The molecule has 3 heterocycles. The number of hydrogen-bond donors (Lipinski definition) is 0. The zero-order chi connectivity index (χ0) is 26.2. The van der Waals surface area contributed by atoms with Gasteiger partial charge >= 0.3 is 0 Å². The Labute approximate surface area is 223 Å². The van der Waals surface area contributed by atoms with Crippen LogP contribution in [0.3, 0.4) is 0 Å². The standard InChI is InChI=1S/C34H33NOS/c1-18-13-19(2)29(20(3)14-18)28-17-26-31(35-30-21(4)22(5)37-33(30)32(26)36-28)24-15-23-11-9-10-12-25(23)27(16-24)34(6,7)8/h9-17H,1-8H3. The van der Waals surface area contributed by atoms with Gasteiger partial charge in [0.15, 0.2) is 5.58 Å². The molecule has 37 heavy (non-hydrogen) atoms. The molecule has 0 aliphatic carbocycles. The Morgan fingerprint density at radius 1 is 0.811 bits per heavy atom. The zero-order valence-electron chi connectivity index (χ0n) is 23.0. The topological polar surface area (TPSA) is 26.0 Å². The first-order valence-electron chi connectivity index (χ1n) is 13.0. The van der Waals surface area contributed by atoms with Crippen LogP contribution in [0.1, 0.15) is 53.5 Å². The number of nitrogens with zero attached hydrogens (tertiary/aromatic N) is 1. The Morgan fingerprint density at radius 2 is 1.51 bits per heavy atom. The van der Waals surface area contributed by atoms with Crippen LogP contribution in [0.2, 0.25) is 0 Å². The van der Waals surface area contributed by atoms with Crippen LogP contribution >= 0.6 is 11.3 Å². The zero-order valence-corrected chi connectivity index (χ0v) is 23.8. The lowest BCUT2D eigenvalue weighted by molar-refractivity contribution is 0.596. The van der Waals surface area contributed by atoms with Gasteiger partial charge in [0.05, 0.1) is 15.9 Å². The van der Waals surface area contributed by atoms with Gasteiger partial charge < -0.3 is 4.42 Å². The van der Waals surface area contributed by atoms with Crippen molar-refractivity contribution in [2.24, 2.45) is 0 Å². The minimum atomic E-state index is 0.00535. The van der Waals surface area contributed by atoms with E-state index in [0.717, 1.165) is 38.2 Å². The molecule has 0 aliphatic rings. The number of fused-ring (bicyclic) bond motifs is 4. The quantitative estimate of drug-likeness (QED) is 0.235. The Kier molecular flexibility index (Phi) is 5.36. The Hall–Kier alpha value is -3.43. The van der Waals surface area contributed by atoms with Gasteiger partial charge in [-0.25, -0.2) is 4.98 Å². The highest BCUT2D eigenvalue weighted by atomic mass is 32.1. The summed E-state index contributed by atoms with van der Waals surface area (Å²) in [6, 6.07) is 20.0. The highest BCUT2D eigenvalue weighted by molar-refractivity contribution is 7.20. The minimum Gasteiger partial charge on any atom is -0.454 e. The maximum absolute atomic E-state index is 6.75. The van der Waals surface area contributed by atoms with Crippen LogP contribution in [0.25, 0.3) is 54.5 Å². The molecule has 0 N–H and O–H groups in total. The molecule has 0 fully saturated rings. The molecule has 0 saturated heterocycles. The van der Waals surface area contributed by atoms with Crippen molar-refractivity contribution in [3.8, 4) is 22.6 Å². The van der Waals surface area contributed by atoms with Gasteiger partial charge in [0, 0.05) is 21.4 Å². The van der Waals surface area contributed by atoms with Gasteiger partial charge in [-0.1, -0.05) is 62.7 Å². The molecule has 0 unspecified atom stereocenters. The van der Waals surface area contributed by atoms with Crippen molar-refractivity contribution in [1.29, 1.82) is 0 Å². The number of rotatable bonds is 2. The smallest absolute Gasteiger partial charge is 0.156 e. The van der Waals surface area contributed by atoms with Crippen LogP contribution in [0.15, 0.2) is 59.0 Å². The van der Waals surface area contributed by atoms with E-state index < -0.39 is 0 Å². The van der Waals surface area contributed by atoms with E-state index in [4.69, 9.17) is 9.40 Å². The number of pyridine rings is 1. The van der Waals surface area contributed by atoms with Gasteiger partial charge in [-0.2, -0.15) is 0 Å².